The number of nitrogens with one attached hydrogen (secondary N) is 1. The number of hydrogen-bond acceptors (Lipinski definition) is 3. The van der Waals surface area contributed by atoms with Gasteiger partial charge in [0.15, 0.2) is 5.69 Å². The van der Waals surface area contributed by atoms with Crippen LogP contribution >= 0.6 is 0 Å². The molecule has 0 aliphatic rings. The van der Waals surface area contributed by atoms with Gasteiger partial charge in [-0.1, -0.05) is 48.5 Å². The van der Waals surface area contributed by atoms with Crippen molar-refractivity contribution >= 4 is 5.91 Å². The van der Waals surface area contributed by atoms with Gasteiger partial charge in [0.2, 0.25) is 0 Å². The van der Waals surface area contributed by atoms with E-state index < -0.39 is 6.10 Å². The first-order valence-electron chi connectivity index (χ1n) is 8.70. The predicted octanol–water partition coefficient (Wildman–Crippen LogP) is 3.42. The Morgan fingerprint density at radius 3 is 2.38 bits per heavy atom. The Bertz CT molecular complexity index is 859. The number of aliphatic hydroxyl groups excluding tert-OH is 1. The van der Waals surface area contributed by atoms with Crippen molar-refractivity contribution in [3.63, 3.8) is 0 Å². The number of aryl methyl sites for hydroxylation is 1. The fourth-order valence-electron chi connectivity index (χ4n) is 2.92. The summed E-state index contributed by atoms with van der Waals surface area (Å²) >= 11 is 0. The Balaban J connectivity index is 1.65. The molecule has 1 amide bonds. The Labute approximate surface area is 153 Å². The van der Waals surface area contributed by atoms with Crippen molar-refractivity contribution in [1.82, 2.24) is 15.1 Å². The highest BCUT2D eigenvalue weighted by Gasteiger charge is 2.18. The summed E-state index contributed by atoms with van der Waals surface area (Å²) in [6, 6.07) is 20.7. The van der Waals surface area contributed by atoms with Crippen molar-refractivity contribution < 1.29 is 9.90 Å². The van der Waals surface area contributed by atoms with Gasteiger partial charge in [-0.25, -0.2) is 4.68 Å². The van der Waals surface area contributed by atoms with Gasteiger partial charge in [-0.15, -0.1) is 0 Å². The molecule has 1 heterocycles. The first-order chi connectivity index (χ1) is 12.5. The van der Waals surface area contributed by atoms with Gasteiger partial charge in [0.25, 0.3) is 5.91 Å². The van der Waals surface area contributed by atoms with Gasteiger partial charge in [-0.3, -0.25) is 4.79 Å². The SMILES string of the molecule is Cc1cc(C(=O)NC(C)CC(O)c2ccccc2)nn1-c1ccccc1. The van der Waals surface area contributed by atoms with E-state index in [0.29, 0.717) is 12.1 Å². The molecule has 0 bridgehead atoms. The van der Waals surface area contributed by atoms with Crippen molar-refractivity contribution in [1.29, 1.82) is 0 Å². The lowest BCUT2D eigenvalue weighted by molar-refractivity contribution is 0.0911. The summed E-state index contributed by atoms with van der Waals surface area (Å²) in [5.41, 5.74) is 3.01. The zero-order valence-corrected chi connectivity index (χ0v) is 15.0. The number of rotatable bonds is 6. The molecular weight excluding hydrogens is 326 g/mol. The van der Waals surface area contributed by atoms with Crippen LogP contribution in [0.25, 0.3) is 5.69 Å². The minimum atomic E-state index is -0.616. The fourth-order valence-corrected chi connectivity index (χ4v) is 2.92. The van der Waals surface area contributed by atoms with E-state index in [1.54, 1.807) is 10.7 Å². The second-order valence-corrected chi connectivity index (χ2v) is 6.46. The van der Waals surface area contributed by atoms with Gasteiger partial charge in [0.05, 0.1) is 11.8 Å². The maximum Gasteiger partial charge on any atom is 0.272 e. The van der Waals surface area contributed by atoms with Gasteiger partial charge < -0.3 is 10.4 Å². The summed E-state index contributed by atoms with van der Waals surface area (Å²) in [6.07, 6.45) is -0.177. The van der Waals surface area contributed by atoms with E-state index in [1.807, 2.05) is 74.5 Å². The second-order valence-electron chi connectivity index (χ2n) is 6.46. The molecule has 2 N–H and O–H groups in total. The van der Waals surface area contributed by atoms with Crippen LogP contribution < -0.4 is 5.32 Å². The molecule has 5 heteroatoms. The molecule has 26 heavy (non-hydrogen) atoms. The summed E-state index contributed by atoms with van der Waals surface area (Å²) in [6.45, 7) is 3.80. The zero-order valence-electron chi connectivity index (χ0n) is 15.0. The average molecular weight is 349 g/mol. The highest BCUT2D eigenvalue weighted by Crippen LogP contribution is 2.18. The number of aliphatic hydroxyl groups is 1. The lowest BCUT2D eigenvalue weighted by atomic mass is 10.0. The molecular formula is C21H23N3O2. The van der Waals surface area contributed by atoms with E-state index in [4.69, 9.17) is 0 Å². The van der Waals surface area contributed by atoms with Crippen LogP contribution in [0.3, 0.4) is 0 Å². The van der Waals surface area contributed by atoms with Crippen LogP contribution in [0.15, 0.2) is 66.7 Å². The summed E-state index contributed by atoms with van der Waals surface area (Å²) in [5.74, 6) is -0.240. The fraction of sp³-hybridized carbons (Fsp3) is 0.238. The smallest absolute Gasteiger partial charge is 0.272 e. The number of hydrogen-bond donors (Lipinski definition) is 2. The number of carbonyl (C=O) groups excluding carboxylic acids is 1. The molecule has 5 nitrogen and oxygen atoms in total. The van der Waals surface area contributed by atoms with Crippen molar-refractivity contribution in [3.8, 4) is 5.69 Å². The molecule has 2 atom stereocenters. The molecule has 0 fully saturated rings. The molecule has 0 aliphatic carbocycles. The van der Waals surface area contributed by atoms with Crippen LogP contribution in [0.2, 0.25) is 0 Å². The van der Waals surface area contributed by atoms with Gasteiger partial charge in [-0.2, -0.15) is 5.10 Å². The van der Waals surface area contributed by atoms with Crippen LogP contribution in [0.4, 0.5) is 0 Å². The Hall–Kier alpha value is -2.92. The molecule has 2 unspecified atom stereocenters. The van der Waals surface area contributed by atoms with Gasteiger partial charge in [-0.05, 0) is 44.0 Å². The Kier molecular flexibility index (Phi) is 5.49. The molecule has 134 valence electrons. The van der Waals surface area contributed by atoms with Crippen molar-refractivity contribution in [2.24, 2.45) is 0 Å². The Morgan fingerprint density at radius 1 is 1.12 bits per heavy atom. The first kappa shape index (κ1) is 17.9. The standard InChI is InChI=1S/C21H23N3O2/c1-15(13-20(25)17-9-5-3-6-10-17)22-21(26)19-14-16(2)24(23-19)18-11-7-4-8-12-18/h3-12,14-15,20,25H,13H2,1-2H3,(H,22,26). The lowest BCUT2D eigenvalue weighted by Gasteiger charge is -2.17. The van der Waals surface area contributed by atoms with E-state index >= 15 is 0 Å². The van der Waals surface area contributed by atoms with Crippen molar-refractivity contribution in [2.45, 2.75) is 32.4 Å². The lowest BCUT2D eigenvalue weighted by Crippen LogP contribution is -2.34. The van der Waals surface area contributed by atoms with Crippen molar-refractivity contribution in [2.75, 3.05) is 0 Å². The summed E-state index contributed by atoms with van der Waals surface area (Å²) in [5, 5.41) is 17.6. The number of carbonyl (C=O) groups is 1. The molecule has 3 aromatic rings. The molecule has 0 saturated heterocycles. The third kappa shape index (κ3) is 4.18. The average Bonchev–Trinajstić information content (AvgIpc) is 3.05. The molecule has 2 aromatic carbocycles. The number of amides is 1. The third-order valence-corrected chi connectivity index (χ3v) is 4.26. The maximum atomic E-state index is 12.5. The summed E-state index contributed by atoms with van der Waals surface area (Å²) in [4.78, 5) is 12.5. The first-order valence-corrected chi connectivity index (χ1v) is 8.70. The third-order valence-electron chi connectivity index (χ3n) is 4.26. The van der Waals surface area contributed by atoms with Gasteiger partial charge in [0.1, 0.15) is 0 Å². The summed E-state index contributed by atoms with van der Waals surface area (Å²) < 4.78 is 1.75. The minimum absolute atomic E-state index is 0.181. The molecule has 1 aromatic heterocycles. The number of aromatic nitrogens is 2. The highest BCUT2D eigenvalue weighted by molar-refractivity contribution is 5.92. The predicted molar refractivity (Wildman–Crippen MR) is 101 cm³/mol. The van der Waals surface area contributed by atoms with Crippen LogP contribution in [-0.2, 0) is 0 Å². The normalized spacial score (nSPS) is 13.2. The second kappa shape index (κ2) is 7.97. The minimum Gasteiger partial charge on any atom is -0.388 e. The molecule has 0 spiro atoms. The quantitative estimate of drug-likeness (QED) is 0.716. The van der Waals surface area contributed by atoms with E-state index in [9.17, 15) is 9.90 Å². The highest BCUT2D eigenvalue weighted by atomic mass is 16.3. The number of benzene rings is 2. The number of para-hydroxylation sites is 1. The molecule has 0 radical (unpaired) electrons. The van der Waals surface area contributed by atoms with E-state index in [2.05, 4.69) is 10.4 Å². The van der Waals surface area contributed by atoms with Gasteiger partial charge in [0, 0.05) is 11.7 Å². The topological polar surface area (TPSA) is 67.2 Å². The molecule has 0 aliphatic heterocycles. The number of nitrogens with zero attached hydrogens (tertiary/aromatic N) is 2. The van der Waals surface area contributed by atoms with E-state index in [-0.39, 0.29) is 11.9 Å². The molecule has 0 saturated carbocycles. The monoisotopic (exact) mass is 349 g/mol. The van der Waals surface area contributed by atoms with Crippen LogP contribution in [-0.4, -0.2) is 26.8 Å². The van der Waals surface area contributed by atoms with E-state index in [0.717, 1.165) is 16.9 Å². The van der Waals surface area contributed by atoms with Crippen molar-refractivity contribution in [3.05, 3.63) is 83.7 Å². The maximum absolute atomic E-state index is 12.5. The van der Waals surface area contributed by atoms with Crippen LogP contribution in [0.5, 0.6) is 0 Å². The zero-order chi connectivity index (χ0) is 18.5. The largest absolute Gasteiger partial charge is 0.388 e. The Morgan fingerprint density at radius 2 is 1.73 bits per heavy atom. The van der Waals surface area contributed by atoms with E-state index in [1.165, 1.54) is 0 Å². The molecule has 3 rings (SSSR count). The van der Waals surface area contributed by atoms with Crippen LogP contribution in [0.1, 0.15) is 41.2 Å². The van der Waals surface area contributed by atoms with Crippen LogP contribution in [0, 0.1) is 6.92 Å². The summed E-state index contributed by atoms with van der Waals surface area (Å²) in [7, 11) is 0. The van der Waals surface area contributed by atoms with Gasteiger partial charge >= 0.3 is 0 Å².